The minimum Gasteiger partial charge on any atom is -0.309 e. The second-order valence-electron chi connectivity index (χ2n) is 3.89. The second kappa shape index (κ2) is 4.74. The summed E-state index contributed by atoms with van der Waals surface area (Å²) in [6.45, 7) is 5.58. The molecular formula is C11H12N6S. The van der Waals surface area contributed by atoms with Gasteiger partial charge in [0.1, 0.15) is 16.9 Å². The highest BCUT2D eigenvalue weighted by Crippen LogP contribution is 2.28. The molecule has 0 bridgehead atoms. The lowest BCUT2D eigenvalue weighted by atomic mass is 10.1. The lowest BCUT2D eigenvalue weighted by molar-refractivity contribution is 0.761. The van der Waals surface area contributed by atoms with Crippen LogP contribution in [0, 0.1) is 32.1 Å². The summed E-state index contributed by atoms with van der Waals surface area (Å²) >= 11 is 1.30. The van der Waals surface area contributed by atoms with Gasteiger partial charge in [-0.15, -0.1) is 15.3 Å². The van der Waals surface area contributed by atoms with E-state index in [9.17, 15) is 5.26 Å². The van der Waals surface area contributed by atoms with Crippen molar-refractivity contribution in [1.29, 1.82) is 5.26 Å². The second-order valence-corrected chi connectivity index (χ2v) is 4.85. The predicted molar refractivity (Wildman–Crippen MR) is 66.1 cm³/mol. The van der Waals surface area contributed by atoms with Crippen molar-refractivity contribution in [2.75, 3.05) is 0 Å². The molecule has 6 nitrogen and oxygen atoms in total. The molecule has 18 heavy (non-hydrogen) atoms. The van der Waals surface area contributed by atoms with Crippen LogP contribution in [0.2, 0.25) is 0 Å². The van der Waals surface area contributed by atoms with Crippen LogP contribution in [-0.4, -0.2) is 25.0 Å². The first-order chi connectivity index (χ1) is 8.54. The largest absolute Gasteiger partial charge is 0.309 e. The molecule has 0 saturated carbocycles. The maximum atomic E-state index is 9.20. The number of aryl methyl sites for hydroxylation is 2. The van der Waals surface area contributed by atoms with E-state index in [1.54, 1.807) is 0 Å². The zero-order valence-electron chi connectivity index (χ0n) is 10.6. The molecule has 0 unspecified atom stereocenters. The zero-order chi connectivity index (χ0) is 13.3. The smallest absolute Gasteiger partial charge is 0.197 e. The van der Waals surface area contributed by atoms with Crippen LogP contribution in [-0.2, 0) is 7.05 Å². The standard InChI is InChI=1S/C11H12N6S/c1-6-7(2)13-15-10(9(6)5-12)18-11-16-14-8(3)17(11)4/h1-4H3. The van der Waals surface area contributed by atoms with E-state index < -0.39 is 0 Å². The molecule has 0 N–H and O–H groups in total. The first kappa shape index (κ1) is 12.5. The highest BCUT2D eigenvalue weighted by molar-refractivity contribution is 7.99. The van der Waals surface area contributed by atoms with Crippen LogP contribution in [0.15, 0.2) is 10.2 Å². The monoisotopic (exact) mass is 260 g/mol. The Morgan fingerprint density at radius 3 is 2.39 bits per heavy atom. The third-order valence-electron chi connectivity index (χ3n) is 2.77. The Hall–Kier alpha value is -1.94. The number of nitriles is 1. The van der Waals surface area contributed by atoms with Crippen molar-refractivity contribution in [3.8, 4) is 6.07 Å². The zero-order valence-corrected chi connectivity index (χ0v) is 11.4. The van der Waals surface area contributed by atoms with Gasteiger partial charge in [0.15, 0.2) is 5.16 Å². The van der Waals surface area contributed by atoms with Crippen LogP contribution in [0.4, 0.5) is 0 Å². The summed E-state index contributed by atoms with van der Waals surface area (Å²) in [6, 6.07) is 2.17. The van der Waals surface area contributed by atoms with Gasteiger partial charge in [0.2, 0.25) is 0 Å². The van der Waals surface area contributed by atoms with Gasteiger partial charge in [0.25, 0.3) is 0 Å². The number of hydrogen-bond acceptors (Lipinski definition) is 6. The Labute approximate surface area is 109 Å². The van der Waals surface area contributed by atoms with E-state index >= 15 is 0 Å². The van der Waals surface area contributed by atoms with Gasteiger partial charge in [-0.2, -0.15) is 10.4 Å². The van der Waals surface area contributed by atoms with E-state index in [2.05, 4.69) is 26.5 Å². The predicted octanol–water partition coefficient (Wildman–Crippen LogP) is 1.55. The quantitative estimate of drug-likeness (QED) is 0.815. The van der Waals surface area contributed by atoms with Gasteiger partial charge in [0.05, 0.1) is 11.3 Å². The van der Waals surface area contributed by atoms with Crippen LogP contribution < -0.4 is 0 Å². The fourth-order valence-corrected chi connectivity index (χ4v) is 2.26. The van der Waals surface area contributed by atoms with Gasteiger partial charge in [-0.3, -0.25) is 0 Å². The van der Waals surface area contributed by atoms with Crippen LogP contribution in [0.5, 0.6) is 0 Å². The van der Waals surface area contributed by atoms with E-state index in [4.69, 9.17) is 0 Å². The molecule has 0 saturated heterocycles. The van der Waals surface area contributed by atoms with Crippen molar-refractivity contribution in [3.05, 3.63) is 22.6 Å². The Bertz CT molecular complexity index is 640. The van der Waals surface area contributed by atoms with E-state index in [1.807, 2.05) is 32.4 Å². The molecule has 0 spiro atoms. The summed E-state index contributed by atoms with van der Waals surface area (Å²) in [6.07, 6.45) is 0. The first-order valence-electron chi connectivity index (χ1n) is 5.32. The van der Waals surface area contributed by atoms with Gasteiger partial charge in [-0.1, -0.05) is 0 Å². The van der Waals surface area contributed by atoms with Crippen LogP contribution >= 0.6 is 11.8 Å². The highest BCUT2D eigenvalue weighted by Gasteiger charge is 2.15. The van der Waals surface area contributed by atoms with Gasteiger partial charge < -0.3 is 4.57 Å². The molecule has 0 aromatic carbocycles. The minimum absolute atomic E-state index is 0.549. The van der Waals surface area contributed by atoms with Crippen molar-refractivity contribution in [3.63, 3.8) is 0 Å². The van der Waals surface area contributed by atoms with E-state index in [0.29, 0.717) is 15.7 Å². The SMILES string of the molecule is Cc1nnc(Sc2nnc(C)n2C)c(C#N)c1C. The molecule has 0 aliphatic rings. The third kappa shape index (κ3) is 2.07. The fourth-order valence-electron chi connectivity index (χ4n) is 1.35. The van der Waals surface area contributed by atoms with Crippen molar-refractivity contribution in [2.45, 2.75) is 31.0 Å². The summed E-state index contributed by atoms with van der Waals surface area (Å²) in [7, 11) is 1.87. The molecule has 0 atom stereocenters. The summed E-state index contributed by atoms with van der Waals surface area (Å²) < 4.78 is 1.85. The molecule has 0 aliphatic heterocycles. The number of rotatable bonds is 2. The maximum absolute atomic E-state index is 9.20. The summed E-state index contributed by atoms with van der Waals surface area (Å²) in [5, 5.41) is 26.6. The molecule has 0 fully saturated rings. The maximum Gasteiger partial charge on any atom is 0.197 e. The molecule has 2 aromatic rings. The average molecular weight is 260 g/mol. The fraction of sp³-hybridized carbons (Fsp3) is 0.364. The highest BCUT2D eigenvalue weighted by atomic mass is 32.2. The molecule has 92 valence electrons. The van der Waals surface area contributed by atoms with Gasteiger partial charge >= 0.3 is 0 Å². The Morgan fingerprint density at radius 2 is 1.83 bits per heavy atom. The van der Waals surface area contributed by atoms with Crippen LogP contribution in [0.25, 0.3) is 0 Å². The van der Waals surface area contributed by atoms with Gasteiger partial charge in [-0.05, 0) is 38.1 Å². The first-order valence-corrected chi connectivity index (χ1v) is 6.14. The van der Waals surface area contributed by atoms with Crippen LogP contribution in [0.3, 0.4) is 0 Å². The molecule has 0 aliphatic carbocycles. The van der Waals surface area contributed by atoms with E-state index in [-0.39, 0.29) is 0 Å². The molecule has 2 rings (SSSR count). The van der Waals surface area contributed by atoms with Crippen molar-refractivity contribution in [1.82, 2.24) is 25.0 Å². The van der Waals surface area contributed by atoms with Crippen molar-refractivity contribution < 1.29 is 0 Å². The molecule has 2 aromatic heterocycles. The van der Waals surface area contributed by atoms with Crippen LogP contribution in [0.1, 0.15) is 22.6 Å². The molecule has 0 amide bonds. The molecule has 2 heterocycles. The number of nitrogens with zero attached hydrogens (tertiary/aromatic N) is 6. The van der Waals surface area contributed by atoms with E-state index in [0.717, 1.165) is 17.1 Å². The van der Waals surface area contributed by atoms with Crippen molar-refractivity contribution >= 4 is 11.8 Å². The molecular weight excluding hydrogens is 248 g/mol. The molecule has 7 heteroatoms. The molecule has 0 radical (unpaired) electrons. The summed E-state index contributed by atoms with van der Waals surface area (Å²) in [4.78, 5) is 0. The minimum atomic E-state index is 0.549. The lowest BCUT2D eigenvalue weighted by Gasteiger charge is -2.05. The van der Waals surface area contributed by atoms with E-state index in [1.165, 1.54) is 11.8 Å². The summed E-state index contributed by atoms with van der Waals surface area (Å²) in [5.41, 5.74) is 2.17. The number of hydrogen-bond donors (Lipinski definition) is 0. The Kier molecular flexibility index (Phi) is 3.30. The van der Waals surface area contributed by atoms with Crippen molar-refractivity contribution in [2.24, 2.45) is 7.05 Å². The Balaban J connectivity index is 2.45. The Morgan fingerprint density at radius 1 is 1.11 bits per heavy atom. The average Bonchev–Trinajstić information content (AvgIpc) is 2.66. The third-order valence-corrected chi connectivity index (χ3v) is 3.79. The summed E-state index contributed by atoms with van der Waals surface area (Å²) in [5.74, 6) is 0.813. The lowest BCUT2D eigenvalue weighted by Crippen LogP contribution is -2.00. The van der Waals surface area contributed by atoms with Gasteiger partial charge in [0, 0.05) is 7.05 Å². The topological polar surface area (TPSA) is 80.3 Å². The normalized spacial score (nSPS) is 10.4. The van der Waals surface area contributed by atoms with Gasteiger partial charge in [-0.25, -0.2) is 0 Å². The number of aromatic nitrogens is 5.